The number of guanidine groups is 1. The first-order valence-electron chi connectivity index (χ1n) is 5.55. The lowest BCUT2D eigenvalue weighted by Crippen LogP contribution is -2.45. The molecule has 0 bridgehead atoms. The summed E-state index contributed by atoms with van der Waals surface area (Å²) in [5, 5.41) is 3.98. The number of nitrogens with zero attached hydrogens (tertiary/aromatic N) is 1. The summed E-state index contributed by atoms with van der Waals surface area (Å²) < 4.78 is 0. The fourth-order valence-electron chi connectivity index (χ4n) is 1.86. The molecule has 0 radical (unpaired) electrons. The van der Waals surface area contributed by atoms with Gasteiger partial charge in [0.25, 0.3) is 0 Å². The van der Waals surface area contributed by atoms with E-state index in [1.165, 1.54) is 19.3 Å². The number of nitrogens with one attached hydrogen (secondary N) is 1. The van der Waals surface area contributed by atoms with Crippen LogP contribution in [0.25, 0.3) is 0 Å². The largest absolute Gasteiger partial charge is 0.370 e. The molecule has 0 aliphatic heterocycles. The van der Waals surface area contributed by atoms with Crippen LogP contribution in [0.3, 0.4) is 0 Å². The van der Waals surface area contributed by atoms with Crippen molar-refractivity contribution in [3.05, 3.63) is 0 Å². The third-order valence-electron chi connectivity index (χ3n) is 2.51. The lowest BCUT2D eigenvalue weighted by Gasteiger charge is -2.21. The Kier molecular flexibility index (Phi) is 4.32. The zero-order valence-electron chi connectivity index (χ0n) is 10.2. The number of hydrogen-bond acceptors (Lipinski definition) is 2. The van der Waals surface area contributed by atoms with Crippen LogP contribution >= 0.6 is 11.8 Å². The smallest absolute Gasteiger partial charge is 0.189 e. The molecule has 0 aromatic carbocycles. The molecule has 1 aliphatic carbocycles. The number of thioether (sulfide) groups is 1. The summed E-state index contributed by atoms with van der Waals surface area (Å²) in [4.78, 5) is 4.53. The summed E-state index contributed by atoms with van der Waals surface area (Å²) in [7, 11) is 0. The summed E-state index contributed by atoms with van der Waals surface area (Å²) in [5.41, 5.74) is 5.86. The van der Waals surface area contributed by atoms with E-state index in [4.69, 9.17) is 5.73 Å². The molecule has 3 nitrogen and oxygen atoms in total. The van der Waals surface area contributed by atoms with E-state index in [1.54, 1.807) is 0 Å². The van der Waals surface area contributed by atoms with Gasteiger partial charge in [-0.05, 0) is 46.3 Å². The number of hydrogen-bond donors (Lipinski definition) is 2. The summed E-state index contributed by atoms with van der Waals surface area (Å²) in [6.07, 6.45) is 5.80. The van der Waals surface area contributed by atoms with Crippen molar-refractivity contribution in [1.82, 2.24) is 5.32 Å². The first kappa shape index (κ1) is 12.7. The van der Waals surface area contributed by atoms with Crippen LogP contribution in [0.1, 0.15) is 40.0 Å². The van der Waals surface area contributed by atoms with Crippen LogP contribution < -0.4 is 11.1 Å². The zero-order chi connectivity index (χ0) is 11.5. The quantitative estimate of drug-likeness (QED) is 0.562. The van der Waals surface area contributed by atoms with Crippen molar-refractivity contribution < 1.29 is 0 Å². The van der Waals surface area contributed by atoms with Gasteiger partial charge in [-0.1, -0.05) is 0 Å². The van der Waals surface area contributed by atoms with Crippen molar-refractivity contribution in [3.8, 4) is 0 Å². The highest BCUT2D eigenvalue weighted by atomic mass is 32.2. The van der Waals surface area contributed by atoms with Crippen molar-refractivity contribution in [3.63, 3.8) is 0 Å². The number of nitrogens with two attached hydrogens (primary N) is 1. The van der Waals surface area contributed by atoms with Crippen molar-refractivity contribution in [2.24, 2.45) is 10.7 Å². The van der Waals surface area contributed by atoms with Gasteiger partial charge in [0.15, 0.2) is 5.96 Å². The highest BCUT2D eigenvalue weighted by Crippen LogP contribution is 2.29. The predicted octanol–water partition coefficient (Wildman–Crippen LogP) is 1.97. The van der Waals surface area contributed by atoms with Crippen LogP contribution in [0.15, 0.2) is 4.99 Å². The first-order chi connectivity index (χ1) is 6.90. The SMILES string of the molecule is CSC1CCC(N=C(N)NC(C)(C)C)C1. The second-order valence-corrected chi connectivity index (χ2v) is 6.35. The summed E-state index contributed by atoms with van der Waals surface area (Å²) >= 11 is 1.95. The maximum atomic E-state index is 5.86. The topological polar surface area (TPSA) is 50.4 Å². The van der Waals surface area contributed by atoms with Crippen LogP contribution in [-0.2, 0) is 0 Å². The monoisotopic (exact) mass is 229 g/mol. The van der Waals surface area contributed by atoms with Crippen LogP contribution in [0.4, 0.5) is 0 Å². The highest BCUT2D eigenvalue weighted by molar-refractivity contribution is 7.99. The van der Waals surface area contributed by atoms with Gasteiger partial charge in [0.1, 0.15) is 0 Å². The van der Waals surface area contributed by atoms with Crippen molar-refractivity contribution in [1.29, 1.82) is 0 Å². The minimum atomic E-state index is 0.00505. The predicted molar refractivity (Wildman–Crippen MR) is 69.5 cm³/mol. The molecule has 0 aromatic rings. The molecule has 3 N–H and O–H groups in total. The molecule has 1 rings (SSSR count). The Morgan fingerprint density at radius 2 is 2.07 bits per heavy atom. The fourth-order valence-corrected chi connectivity index (χ4v) is 2.65. The molecule has 2 atom stereocenters. The lowest BCUT2D eigenvalue weighted by molar-refractivity contribution is 0.505. The van der Waals surface area contributed by atoms with E-state index >= 15 is 0 Å². The second kappa shape index (κ2) is 5.10. The molecule has 1 fully saturated rings. The minimum absolute atomic E-state index is 0.00505. The zero-order valence-corrected chi connectivity index (χ0v) is 11.0. The Labute approximate surface area is 97.3 Å². The van der Waals surface area contributed by atoms with Gasteiger partial charge >= 0.3 is 0 Å². The van der Waals surface area contributed by atoms with Crippen molar-refractivity contribution in [2.45, 2.75) is 56.9 Å². The molecule has 4 heteroatoms. The number of rotatable bonds is 2. The van der Waals surface area contributed by atoms with E-state index in [0.29, 0.717) is 12.0 Å². The average molecular weight is 229 g/mol. The third-order valence-corrected chi connectivity index (χ3v) is 3.61. The maximum absolute atomic E-state index is 5.86. The molecule has 88 valence electrons. The Bertz CT molecular complexity index is 232. The van der Waals surface area contributed by atoms with Gasteiger partial charge in [0.05, 0.1) is 6.04 Å². The molecule has 1 saturated carbocycles. The summed E-state index contributed by atoms with van der Waals surface area (Å²) in [5.74, 6) is 0.592. The van der Waals surface area contributed by atoms with Gasteiger partial charge in [0.2, 0.25) is 0 Å². The van der Waals surface area contributed by atoms with Gasteiger partial charge in [-0.3, -0.25) is 4.99 Å². The number of aliphatic imine (C=N–C) groups is 1. The Hall–Kier alpha value is -0.380. The Balaban J connectivity index is 2.43. The van der Waals surface area contributed by atoms with E-state index in [-0.39, 0.29) is 5.54 Å². The van der Waals surface area contributed by atoms with Crippen molar-refractivity contribution in [2.75, 3.05) is 6.26 Å². The van der Waals surface area contributed by atoms with E-state index in [9.17, 15) is 0 Å². The van der Waals surface area contributed by atoms with Crippen LogP contribution in [0.5, 0.6) is 0 Å². The van der Waals surface area contributed by atoms with Gasteiger partial charge in [0, 0.05) is 10.8 Å². The second-order valence-electron chi connectivity index (χ2n) is 5.21. The molecule has 0 amide bonds. The minimum Gasteiger partial charge on any atom is -0.370 e. The van der Waals surface area contributed by atoms with Gasteiger partial charge in [-0.2, -0.15) is 11.8 Å². The summed E-state index contributed by atoms with van der Waals surface area (Å²) in [6.45, 7) is 6.28. The summed E-state index contributed by atoms with van der Waals surface area (Å²) in [6, 6.07) is 0.428. The Morgan fingerprint density at radius 1 is 1.40 bits per heavy atom. The van der Waals surface area contributed by atoms with Crippen LogP contribution in [0, 0.1) is 0 Å². The van der Waals surface area contributed by atoms with Crippen molar-refractivity contribution >= 4 is 17.7 Å². The molecule has 2 unspecified atom stereocenters. The van der Waals surface area contributed by atoms with Gasteiger partial charge in [-0.25, -0.2) is 0 Å². The molecular weight excluding hydrogens is 206 g/mol. The highest BCUT2D eigenvalue weighted by Gasteiger charge is 2.23. The molecular formula is C11H23N3S. The molecule has 15 heavy (non-hydrogen) atoms. The molecule has 1 aliphatic rings. The van der Waals surface area contributed by atoms with Crippen LogP contribution in [0.2, 0.25) is 0 Å². The molecule has 0 aromatic heterocycles. The van der Waals surface area contributed by atoms with E-state index < -0.39 is 0 Å². The third kappa shape index (κ3) is 4.78. The van der Waals surface area contributed by atoms with Gasteiger partial charge < -0.3 is 11.1 Å². The average Bonchev–Trinajstić information content (AvgIpc) is 2.48. The van der Waals surface area contributed by atoms with E-state index in [0.717, 1.165) is 5.25 Å². The maximum Gasteiger partial charge on any atom is 0.189 e. The molecule has 0 saturated heterocycles. The van der Waals surface area contributed by atoms with Crippen LogP contribution in [-0.4, -0.2) is 29.0 Å². The molecule has 0 heterocycles. The lowest BCUT2D eigenvalue weighted by atomic mass is 10.1. The standard InChI is InChI=1S/C11H23N3S/c1-11(2,3)14-10(12)13-8-5-6-9(7-8)15-4/h8-9H,5-7H2,1-4H3,(H3,12,13,14). The molecule has 0 spiro atoms. The first-order valence-corrected chi connectivity index (χ1v) is 6.84. The Morgan fingerprint density at radius 3 is 2.53 bits per heavy atom. The van der Waals surface area contributed by atoms with E-state index in [1.807, 2.05) is 11.8 Å². The fraction of sp³-hybridized carbons (Fsp3) is 0.909. The van der Waals surface area contributed by atoms with Gasteiger partial charge in [-0.15, -0.1) is 0 Å². The van der Waals surface area contributed by atoms with E-state index in [2.05, 4.69) is 37.3 Å². The normalized spacial score (nSPS) is 28.1.